The Morgan fingerprint density at radius 3 is 2.63 bits per heavy atom. The molecule has 0 unspecified atom stereocenters. The maximum Gasteiger partial charge on any atom is 0.147 e. The molecule has 3 rings (SSSR count). The van der Waals surface area contributed by atoms with E-state index in [1.165, 1.54) is 18.2 Å². The molecule has 0 saturated heterocycles. The lowest BCUT2D eigenvalue weighted by atomic mass is 9.95. The van der Waals surface area contributed by atoms with Crippen LogP contribution in [0.15, 0.2) is 48.4 Å². The summed E-state index contributed by atoms with van der Waals surface area (Å²) >= 11 is 2.02. The maximum absolute atomic E-state index is 14.3. The highest BCUT2D eigenvalue weighted by molar-refractivity contribution is 14.1. The van der Waals surface area contributed by atoms with Crippen molar-refractivity contribution in [3.8, 4) is 0 Å². The lowest BCUT2D eigenvalue weighted by Gasteiger charge is -2.33. The van der Waals surface area contributed by atoms with E-state index in [0.717, 1.165) is 9.27 Å². The quantitative estimate of drug-likeness (QED) is 0.586. The standard InChI is InChI=1S/C20H19F2IN2O2/c1-11-19-17(24-16-5-4-14(23)10-15(16)22)8-13(21)9-18(19)25(3)12(2)20(11)27-7-6-26/h4-5,8-10,24,26H,1,6-7H2,2-3H3. The first kappa shape index (κ1) is 19.6. The third kappa shape index (κ3) is 3.79. The number of nitrogens with one attached hydrogen (secondary N) is 1. The summed E-state index contributed by atoms with van der Waals surface area (Å²) in [7, 11) is 1.79. The normalized spacial score (nSPS) is 13.7. The molecular formula is C20H19F2IN2O2. The van der Waals surface area contributed by atoms with E-state index in [2.05, 4.69) is 11.9 Å². The smallest absolute Gasteiger partial charge is 0.147 e. The van der Waals surface area contributed by atoms with Gasteiger partial charge in [-0.25, -0.2) is 8.78 Å². The van der Waals surface area contributed by atoms with Gasteiger partial charge in [0.1, 0.15) is 24.0 Å². The topological polar surface area (TPSA) is 44.7 Å². The van der Waals surface area contributed by atoms with Gasteiger partial charge in [0.05, 0.1) is 29.4 Å². The van der Waals surface area contributed by atoms with Gasteiger partial charge in [0.2, 0.25) is 0 Å². The number of fused-ring (bicyclic) bond motifs is 1. The van der Waals surface area contributed by atoms with E-state index >= 15 is 0 Å². The summed E-state index contributed by atoms with van der Waals surface area (Å²) < 4.78 is 35.0. The molecule has 2 N–H and O–H groups in total. The SMILES string of the molecule is C=C1C(OCCO)=C(C)N(C)c2cc(F)cc(Nc3ccc(I)cc3F)c21. The summed E-state index contributed by atoms with van der Waals surface area (Å²) in [5, 5.41) is 12.1. The van der Waals surface area contributed by atoms with Gasteiger partial charge < -0.3 is 20.1 Å². The molecule has 4 nitrogen and oxygen atoms in total. The monoisotopic (exact) mass is 484 g/mol. The molecule has 142 valence electrons. The minimum absolute atomic E-state index is 0.116. The Morgan fingerprint density at radius 1 is 1.22 bits per heavy atom. The molecule has 27 heavy (non-hydrogen) atoms. The number of benzene rings is 2. The van der Waals surface area contributed by atoms with Crippen LogP contribution in [-0.4, -0.2) is 25.4 Å². The van der Waals surface area contributed by atoms with Crippen molar-refractivity contribution in [2.24, 2.45) is 0 Å². The number of anilines is 3. The Bertz CT molecular complexity index is 944. The Balaban J connectivity index is 2.10. The first-order valence-corrected chi connectivity index (χ1v) is 9.35. The first-order chi connectivity index (χ1) is 12.8. The van der Waals surface area contributed by atoms with Crippen LogP contribution in [0.2, 0.25) is 0 Å². The minimum atomic E-state index is -0.450. The molecule has 1 aliphatic heterocycles. The molecule has 0 bridgehead atoms. The van der Waals surface area contributed by atoms with Gasteiger partial charge in [-0.15, -0.1) is 0 Å². The zero-order valence-electron chi connectivity index (χ0n) is 14.9. The highest BCUT2D eigenvalue weighted by Crippen LogP contribution is 2.44. The molecule has 0 aromatic heterocycles. The third-order valence-corrected chi connectivity index (χ3v) is 5.06. The van der Waals surface area contributed by atoms with Crippen molar-refractivity contribution >= 4 is 45.2 Å². The average Bonchev–Trinajstić information content (AvgIpc) is 2.61. The molecule has 1 heterocycles. The number of nitrogens with zero attached hydrogens (tertiary/aromatic N) is 1. The fourth-order valence-corrected chi connectivity index (χ4v) is 3.47. The van der Waals surface area contributed by atoms with Crippen LogP contribution in [0.3, 0.4) is 0 Å². The largest absolute Gasteiger partial charge is 0.489 e. The second-order valence-electron chi connectivity index (χ2n) is 6.12. The first-order valence-electron chi connectivity index (χ1n) is 8.27. The highest BCUT2D eigenvalue weighted by atomic mass is 127. The number of aliphatic hydroxyl groups excluding tert-OH is 1. The van der Waals surface area contributed by atoms with Gasteiger partial charge in [-0.1, -0.05) is 6.58 Å². The lowest BCUT2D eigenvalue weighted by Crippen LogP contribution is -2.24. The van der Waals surface area contributed by atoms with Crippen LogP contribution < -0.4 is 10.2 Å². The van der Waals surface area contributed by atoms with Crippen LogP contribution in [0.25, 0.3) is 5.57 Å². The molecule has 2 aromatic rings. The minimum Gasteiger partial charge on any atom is -0.489 e. The lowest BCUT2D eigenvalue weighted by molar-refractivity contribution is 0.152. The van der Waals surface area contributed by atoms with Crippen molar-refractivity contribution in [3.05, 3.63) is 69.1 Å². The number of rotatable bonds is 5. The van der Waals surface area contributed by atoms with E-state index in [1.807, 2.05) is 29.5 Å². The summed E-state index contributed by atoms with van der Waals surface area (Å²) in [5.74, 6) is -0.371. The molecule has 0 radical (unpaired) electrons. The van der Waals surface area contributed by atoms with E-state index in [4.69, 9.17) is 9.84 Å². The Kier molecular flexibility index (Phi) is 5.71. The molecule has 2 aromatic carbocycles. The van der Waals surface area contributed by atoms with Crippen molar-refractivity contribution in [2.75, 3.05) is 30.5 Å². The van der Waals surface area contributed by atoms with Gasteiger partial charge in [-0.2, -0.15) is 0 Å². The molecule has 7 heteroatoms. The summed E-state index contributed by atoms with van der Waals surface area (Å²) in [4.78, 5) is 1.79. The molecule has 0 amide bonds. The molecule has 0 aliphatic carbocycles. The molecule has 0 atom stereocenters. The van der Waals surface area contributed by atoms with E-state index in [-0.39, 0.29) is 18.9 Å². The molecule has 0 saturated carbocycles. The number of hydrogen-bond acceptors (Lipinski definition) is 4. The number of ether oxygens (including phenoxy) is 1. The maximum atomic E-state index is 14.3. The Morgan fingerprint density at radius 2 is 1.96 bits per heavy atom. The third-order valence-electron chi connectivity index (χ3n) is 4.39. The molecular weight excluding hydrogens is 465 g/mol. The van der Waals surface area contributed by atoms with E-state index in [9.17, 15) is 8.78 Å². The summed E-state index contributed by atoms with van der Waals surface area (Å²) in [5.41, 5.74) is 3.14. The van der Waals surface area contributed by atoms with E-state index in [1.54, 1.807) is 24.1 Å². The van der Waals surface area contributed by atoms with Crippen molar-refractivity contribution in [3.63, 3.8) is 0 Å². The fraction of sp³-hybridized carbons (Fsp3) is 0.200. The summed E-state index contributed by atoms with van der Waals surface area (Å²) in [6.45, 7) is 5.91. The summed E-state index contributed by atoms with van der Waals surface area (Å²) in [6, 6.07) is 7.48. The van der Waals surface area contributed by atoms with Crippen LogP contribution in [0.1, 0.15) is 12.5 Å². The molecule has 0 spiro atoms. The molecule has 0 fully saturated rings. The van der Waals surface area contributed by atoms with Crippen LogP contribution in [0.4, 0.5) is 25.8 Å². The van der Waals surface area contributed by atoms with Gasteiger partial charge in [0, 0.05) is 21.8 Å². The summed E-state index contributed by atoms with van der Waals surface area (Å²) in [6.07, 6.45) is 0. The van der Waals surface area contributed by atoms with Crippen molar-refractivity contribution in [2.45, 2.75) is 6.92 Å². The van der Waals surface area contributed by atoms with Crippen LogP contribution in [0, 0.1) is 15.2 Å². The number of hydrogen-bond donors (Lipinski definition) is 2. The van der Waals surface area contributed by atoms with Crippen LogP contribution >= 0.6 is 22.6 Å². The van der Waals surface area contributed by atoms with Crippen molar-refractivity contribution in [1.82, 2.24) is 0 Å². The average molecular weight is 484 g/mol. The second-order valence-corrected chi connectivity index (χ2v) is 7.37. The number of halogens is 3. The van der Waals surface area contributed by atoms with E-state index < -0.39 is 11.6 Å². The second kappa shape index (κ2) is 7.85. The molecule has 1 aliphatic rings. The van der Waals surface area contributed by atoms with Gasteiger partial charge in [0.25, 0.3) is 0 Å². The zero-order chi connectivity index (χ0) is 19.7. The fourth-order valence-electron chi connectivity index (χ4n) is 3.01. The number of allylic oxidation sites excluding steroid dienone is 2. The predicted molar refractivity (Wildman–Crippen MR) is 112 cm³/mol. The van der Waals surface area contributed by atoms with Crippen LogP contribution in [-0.2, 0) is 4.74 Å². The predicted octanol–water partition coefficient (Wildman–Crippen LogP) is 5.02. The van der Waals surface area contributed by atoms with Crippen molar-refractivity contribution in [1.29, 1.82) is 0 Å². The van der Waals surface area contributed by atoms with Crippen LogP contribution in [0.5, 0.6) is 0 Å². The van der Waals surface area contributed by atoms with E-state index in [0.29, 0.717) is 28.3 Å². The number of aliphatic hydroxyl groups is 1. The Labute approximate surface area is 170 Å². The Hall–Kier alpha value is -2.13. The van der Waals surface area contributed by atoms with Gasteiger partial charge in [-0.05, 0) is 59.8 Å². The van der Waals surface area contributed by atoms with Gasteiger partial charge in [0.15, 0.2) is 0 Å². The van der Waals surface area contributed by atoms with Gasteiger partial charge >= 0.3 is 0 Å². The van der Waals surface area contributed by atoms with Crippen molar-refractivity contribution < 1.29 is 18.6 Å². The highest BCUT2D eigenvalue weighted by Gasteiger charge is 2.28. The zero-order valence-corrected chi connectivity index (χ0v) is 17.1. The van der Waals surface area contributed by atoms with Gasteiger partial charge in [-0.3, -0.25) is 0 Å².